The highest BCUT2D eigenvalue weighted by molar-refractivity contribution is 5.76. The zero-order valence-electron chi connectivity index (χ0n) is 18.2. The van der Waals surface area contributed by atoms with Gasteiger partial charge in [0.15, 0.2) is 0 Å². The van der Waals surface area contributed by atoms with Crippen molar-refractivity contribution in [3.05, 3.63) is 97.8 Å². The number of carbonyl (C=O) groups excluding carboxylic acids is 1. The number of nitrogens with zero attached hydrogens (tertiary/aromatic N) is 3. The molecule has 178 valence electrons. The van der Waals surface area contributed by atoms with E-state index in [9.17, 15) is 27.6 Å². The van der Waals surface area contributed by atoms with Gasteiger partial charge in [0.2, 0.25) is 5.91 Å². The summed E-state index contributed by atoms with van der Waals surface area (Å²) in [5.74, 6) is -0.144. The van der Waals surface area contributed by atoms with E-state index >= 15 is 0 Å². The molecular formula is C24H23F3N4O3. The summed E-state index contributed by atoms with van der Waals surface area (Å²) in [5, 5.41) is 2.41. The van der Waals surface area contributed by atoms with Gasteiger partial charge in [0.05, 0.1) is 23.8 Å². The summed E-state index contributed by atoms with van der Waals surface area (Å²) in [6.45, 7) is 0.632. The van der Waals surface area contributed by atoms with Gasteiger partial charge >= 0.3 is 6.18 Å². The fourth-order valence-corrected chi connectivity index (χ4v) is 4.16. The summed E-state index contributed by atoms with van der Waals surface area (Å²) in [7, 11) is 0. The van der Waals surface area contributed by atoms with E-state index in [1.165, 1.54) is 12.1 Å². The molecule has 1 aromatic carbocycles. The first-order valence-corrected chi connectivity index (χ1v) is 10.9. The zero-order chi connectivity index (χ0) is 24.3. The predicted octanol–water partition coefficient (Wildman–Crippen LogP) is 3.30. The van der Waals surface area contributed by atoms with Crippen LogP contribution in [0.2, 0.25) is 0 Å². The number of aromatic amines is 1. The molecule has 1 aliphatic heterocycles. The number of H-pyrrole nitrogens is 1. The number of alkyl halides is 3. The van der Waals surface area contributed by atoms with Crippen molar-refractivity contribution in [1.29, 1.82) is 0 Å². The summed E-state index contributed by atoms with van der Waals surface area (Å²) in [4.78, 5) is 42.6. The van der Waals surface area contributed by atoms with Crippen molar-refractivity contribution in [1.82, 2.24) is 19.7 Å². The second kappa shape index (κ2) is 9.66. The van der Waals surface area contributed by atoms with Crippen LogP contribution in [0, 0.1) is 0 Å². The summed E-state index contributed by atoms with van der Waals surface area (Å²) in [5.41, 5.74) is 0.632. The number of hydrogen-bond donors (Lipinski definition) is 1. The lowest BCUT2D eigenvalue weighted by molar-refractivity contribution is -0.137. The maximum atomic E-state index is 12.9. The fraction of sp³-hybridized carbons (Fsp3) is 0.333. The highest BCUT2D eigenvalue weighted by atomic mass is 19.4. The molecule has 1 amide bonds. The van der Waals surface area contributed by atoms with Crippen LogP contribution in [0.3, 0.4) is 0 Å². The first kappa shape index (κ1) is 23.5. The Kier molecular flexibility index (Phi) is 6.67. The number of nitrogens with one attached hydrogen (secondary N) is 1. The molecule has 10 heteroatoms. The van der Waals surface area contributed by atoms with Crippen molar-refractivity contribution in [2.24, 2.45) is 0 Å². The third-order valence-electron chi connectivity index (χ3n) is 5.85. The number of carbonyl (C=O) groups is 1. The third-order valence-corrected chi connectivity index (χ3v) is 5.85. The SMILES string of the molecule is O=C(CCn1[nH]c(=O)ccc1=O)N1CCC[C@H]1c1cccc(Cc2ccc(C(F)(F)F)cc2)n1. The van der Waals surface area contributed by atoms with Crippen LogP contribution in [0.15, 0.2) is 64.2 Å². The molecule has 0 bridgehead atoms. The summed E-state index contributed by atoms with van der Waals surface area (Å²) >= 11 is 0. The van der Waals surface area contributed by atoms with Gasteiger partial charge in [-0.2, -0.15) is 13.2 Å². The Hall–Kier alpha value is -3.69. The molecular weight excluding hydrogens is 449 g/mol. The van der Waals surface area contributed by atoms with E-state index in [4.69, 9.17) is 0 Å². The highest BCUT2D eigenvalue weighted by Gasteiger charge is 2.31. The van der Waals surface area contributed by atoms with E-state index in [-0.39, 0.29) is 30.5 Å². The third kappa shape index (κ3) is 5.44. The minimum atomic E-state index is -4.38. The molecule has 3 heterocycles. The summed E-state index contributed by atoms with van der Waals surface area (Å²) < 4.78 is 39.5. The van der Waals surface area contributed by atoms with Crippen molar-refractivity contribution in [3.8, 4) is 0 Å². The topological polar surface area (TPSA) is 88.1 Å². The van der Waals surface area contributed by atoms with Crippen LogP contribution in [0.4, 0.5) is 13.2 Å². The maximum absolute atomic E-state index is 12.9. The molecule has 0 aliphatic carbocycles. The van der Waals surface area contributed by atoms with Gasteiger partial charge in [-0.1, -0.05) is 18.2 Å². The molecule has 1 N–H and O–H groups in total. The van der Waals surface area contributed by atoms with Gasteiger partial charge in [0.1, 0.15) is 0 Å². The average Bonchev–Trinajstić information content (AvgIpc) is 3.30. The lowest BCUT2D eigenvalue weighted by Gasteiger charge is -2.25. The van der Waals surface area contributed by atoms with Gasteiger partial charge in [-0.15, -0.1) is 0 Å². The zero-order valence-corrected chi connectivity index (χ0v) is 18.2. The van der Waals surface area contributed by atoms with Gasteiger partial charge in [0.25, 0.3) is 11.1 Å². The molecule has 0 radical (unpaired) electrons. The van der Waals surface area contributed by atoms with Gasteiger partial charge in [-0.25, -0.2) is 4.68 Å². The van der Waals surface area contributed by atoms with E-state index in [2.05, 4.69) is 10.1 Å². The monoisotopic (exact) mass is 472 g/mol. The number of benzene rings is 1. The molecule has 1 aliphatic rings. The Morgan fingerprint density at radius 2 is 1.82 bits per heavy atom. The predicted molar refractivity (Wildman–Crippen MR) is 118 cm³/mol. The molecule has 3 aromatic rings. The van der Waals surface area contributed by atoms with Crippen LogP contribution in [0.5, 0.6) is 0 Å². The van der Waals surface area contributed by atoms with Crippen LogP contribution in [-0.4, -0.2) is 32.1 Å². The van der Waals surface area contributed by atoms with Gasteiger partial charge < -0.3 is 4.90 Å². The largest absolute Gasteiger partial charge is 0.416 e. The Balaban J connectivity index is 1.44. The van der Waals surface area contributed by atoms with Gasteiger partial charge in [-0.3, -0.25) is 24.5 Å². The fourth-order valence-electron chi connectivity index (χ4n) is 4.16. The minimum Gasteiger partial charge on any atom is -0.334 e. The van der Waals surface area contributed by atoms with Crippen LogP contribution >= 0.6 is 0 Å². The minimum absolute atomic E-state index is 0.0571. The first-order chi connectivity index (χ1) is 16.2. The Morgan fingerprint density at radius 3 is 2.56 bits per heavy atom. The first-order valence-electron chi connectivity index (χ1n) is 10.9. The second-order valence-corrected chi connectivity index (χ2v) is 8.22. The molecule has 4 rings (SSSR count). The van der Waals surface area contributed by atoms with E-state index < -0.39 is 17.3 Å². The normalized spacial score (nSPS) is 16.1. The summed E-state index contributed by atoms with van der Waals surface area (Å²) in [6.07, 6.45) is -2.40. The van der Waals surface area contributed by atoms with Crippen molar-refractivity contribution < 1.29 is 18.0 Å². The quantitative estimate of drug-likeness (QED) is 0.597. The molecule has 0 saturated carbocycles. The Bertz CT molecular complexity index is 1280. The Morgan fingerprint density at radius 1 is 1.06 bits per heavy atom. The molecule has 0 unspecified atom stereocenters. The molecule has 7 nitrogen and oxygen atoms in total. The average molecular weight is 472 g/mol. The van der Waals surface area contributed by atoms with Crippen molar-refractivity contribution >= 4 is 5.91 Å². The maximum Gasteiger partial charge on any atom is 0.416 e. The molecule has 1 saturated heterocycles. The van der Waals surface area contributed by atoms with Gasteiger partial charge in [0, 0.05) is 37.2 Å². The number of pyridine rings is 1. The van der Waals surface area contributed by atoms with E-state index in [0.717, 1.165) is 47.5 Å². The highest BCUT2D eigenvalue weighted by Crippen LogP contribution is 2.32. The lowest BCUT2D eigenvalue weighted by atomic mass is 10.1. The molecule has 34 heavy (non-hydrogen) atoms. The summed E-state index contributed by atoms with van der Waals surface area (Å²) in [6, 6.07) is 12.6. The van der Waals surface area contributed by atoms with E-state index in [1.807, 2.05) is 12.1 Å². The van der Waals surface area contributed by atoms with E-state index in [0.29, 0.717) is 24.2 Å². The van der Waals surface area contributed by atoms with Gasteiger partial charge in [-0.05, 0) is 42.7 Å². The van der Waals surface area contributed by atoms with Crippen LogP contribution in [0.1, 0.15) is 47.8 Å². The lowest BCUT2D eigenvalue weighted by Crippen LogP contribution is -2.34. The molecule has 2 aromatic heterocycles. The second-order valence-electron chi connectivity index (χ2n) is 8.22. The molecule has 1 fully saturated rings. The van der Waals surface area contributed by atoms with Crippen molar-refractivity contribution in [2.75, 3.05) is 6.54 Å². The molecule has 1 atom stereocenters. The smallest absolute Gasteiger partial charge is 0.334 e. The van der Waals surface area contributed by atoms with Crippen LogP contribution < -0.4 is 11.1 Å². The number of amides is 1. The number of rotatable bonds is 6. The standard InChI is InChI=1S/C24H23F3N4O3/c25-24(26,27)17-8-6-16(7-9-17)15-18-3-1-4-19(28-18)20-5-2-13-30(20)22(33)12-14-31-23(34)11-10-21(32)29-31/h1,3-4,6-11,20H,2,5,12-15H2,(H,29,32)/t20-/m0/s1. The van der Waals surface area contributed by atoms with Crippen molar-refractivity contribution in [2.45, 2.75) is 44.4 Å². The van der Waals surface area contributed by atoms with E-state index in [1.54, 1.807) is 11.0 Å². The number of halogens is 3. The molecule has 0 spiro atoms. The number of hydrogen-bond acceptors (Lipinski definition) is 4. The Labute approximate surface area is 192 Å². The van der Waals surface area contributed by atoms with Crippen molar-refractivity contribution in [3.63, 3.8) is 0 Å². The number of aromatic nitrogens is 3. The van der Waals surface area contributed by atoms with Crippen LogP contribution in [0.25, 0.3) is 0 Å². The van der Waals surface area contributed by atoms with Crippen LogP contribution in [-0.2, 0) is 23.9 Å². The number of aryl methyl sites for hydroxylation is 1. The number of likely N-dealkylation sites (tertiary alicyclic amines) is 1.